The molecule has 0 aliphatic rings. The number of esters is 1. The number of allylic oxidation sites excluding steroid dienone is 17. The molecule has 0 spiro atoms. The maximum absolute atomic E-state index is 12.8. The van der Waals surface area contributed by atoms with E-state index in [1.165, 1.54) is 25.7 Å². The van der Waals surface area contributed by atoms with Crippen molar-refractivity contribution in [3.63, 3.8) is 0 Å². The van der Waals surface area contributed by atoms with Gasteiger partial charge in [-0.1, -0.05) is 169 Å². The molecule has 0 aromatic rings. The van der Waals surface area contributed by atoms with Crippen molar-refractivity contribution < 1.29 is 34.1 Å². The van der Waals surface area contributed by atoms with E-state index in [4.69, 9.17) is 14.9 Å². The van der Waals surface area contributed by atoms with Crippen LogP contribution >= 0.6 is 0 Å². The molecule has 9 nitrogen and oxygen atoms in total. The number of unbranched alkanes of at least 4 members (excludes halogenated alkanes) is 11. The van der Waals surface area contributed by atoms with E-state index in [1.807, 2.05) is 6.08 Å². The molecule has 0 heterocycles. The van der Waals surface area contributed by atoms with Crippen LogP contribution in [0.4, 0.5) is 0 Å². The number of ether oxygens (including phenoxy) is 1. The second-order valence-corrected chi connectivity index (χ2v) is 15.4. The zero-order valence-electron chi connectivity index (χ0n) is 38.6. The van der Waals surface area contributed by atoms with Gasteiger partial charge in [0.15, 0.2) is 0 Å². The average Bonchev–Trinajstić information content (AvgIpc) is 3.26. The van der Waals surface area contributed by atoms with Crippen molar-refractivity contribution >= 4 is 23.8 Å². The molecule has 2 amide bonds. The fourth-order valence-corrected chi connectivity index (χ4v) is 6.18. The van der Waals surface area contributed by atoms with Crippen molar-refractivity contribution in [3.05, 3.63) is 109 Å². The number of amides is 2. The van der Waals surface area contributed by atoms with Crippen LogP contribution in [0.15, 0.2) is 109 Å². The number of nitrogens with one attached hydrogen (secondary N) is 2. The summed E-state index contributed by atoms with van der Waals surface area (Å²) in [4.78, 5) is 47.6. The largest absolute Gasteiger partial charge is 0.480 e. The summed E-state index contributed by atoms with van der Waals surface area (Å²) < 4.78 is 5.92. The highest BCUT2D eigenvalue weighted by Gasteiger charge is 2.18. The van der Waals surface area contributed by atoms with Crippen molar-refractivity contribution in [2.45, 2.75) is 187 Å². The third kappa shape index (κ3) is 42.2. The van der Waals surface area contributed by atoms with E-state index in [2.05, 4.69) is 128 Å². The van der Waals surface area contributed by atoms with E-state index in [9.17, 15) is 19.2 Å². The minimum absolute atomic E-state index is 0.135. The molecular formula is C53H84N2O7. The van der Waals surface area contributed by atoms with E-state index in [0.717, 1.165) is 116 Å². The number of hydrogen-bond acceptors (Lipinski definition) is 6. The Morgan fingerprint density at radius 3 is 1.40 bits per heavy atom. The number of carbonyl (C=O) groups excluding carboxylic acids is 3. The van der Waals surface area contributed by atoms with Crippen LogP contribution in [0.1, 0.15) is 174 Å². The van der Waals surface area contributed by atoms with Crippen molar-refractivity contribution in [3.8, 4) is 0 Å². The van der Waals surface area contributed by atoms with E-state index < -0.39 is 24.5 Å². The van der Waals surface area contributed by atoms with E-state index in [-0.39, 0.29) is 30.9 Å². The zero-order chi connectivity index (χ0) is 45.4. The second kappa shape index (κ2) is 46.0. The summed E-state index contributed by atoms with van der Waals surface area (Å²) >= 11 is 0. The number of aliphatic hydroxyl groups is 1. The smallest absolute Gasteiger partial charge is 0.328 e. The van der Waals surface area contributed by atoms with Gasteiger partial charge in [-0.2, -0.15) is 0 Å². The number of carboxylic acids is 1. The highest BCUT2D eigenvalue weighted by atomic mass is 16.5. The molecule has 0 aromatic heterocycles. The van der Waals surface area contributed by atoms with Gasteiger partial charge in [0.2, 0.25) is 11.8 Å². The summed E-state index contributed by atoms with van der Waals surface area (Å²) in [7, 11) is 0. The highest BCUT2D eigenvalue weighted by molar-refractivity contribution is 5.87. The summed E-state index contributed by atoms with van der Waals surface area (Å²) in [6.45, 7) is 3.22. The second-order valence-electron chi connectivity index (χ2n) is 15.4. The van der Waals surface area contributed by atoms with Crippen molar-refractivity contribution in [2.75, 3.05) is 13.2 Å². The van der Waals surface area contributed by atoms with Crippen LogP contribution in [0, 0.1) is 0 Å². The fraction of sp³-hybridized carbons (Fsp3) is 0.585. The van der Waals surface area contributed by atoms with E-state index in [1.54, 1.807) is 0 Å². The van der Waals surface area contributed by atoms with E-state index in [0.29, 0.717) is 12.8 Å². The van der Waals surface area contributed by atoms with Gasteiger partial charge in [-0.15, -0.1) is 0 Å². The zero-order valence-corrected chi connectivity index (χ0v) is 38.6. The van der Waals surface area contributed by atoms with Gasteiger partial charge in [0, 0.05) is 12.8 Å². The van der Waals surface area contributed by atoms with Gasteiger partial charge in [0.05, 0.1) is 13.2 Å². The normalized spacial score (nSPS) is 13.5. The summed E-state index contributed by atoms with van der Waals surface area (Å²) in [6.07, 6.45) is 62.8. The number of aliphatic hydroxyl groups excluding tert-OH is 1. The first-order valence-corrected chi connectivity index (χ1v) is 23.8. The Bertz CT molecular complexity index is 1400. The Morgan fingerprint density at radius 2 is 0.919 bits per heavy atom. The van der Waals surface area contributed by atoms with Gasteiger partial charge in [-0.25, -0.2) is 4.79 Å². The molecular weight excluding hydrogens is 777 g/mol. The lowest BCUT2D eigenvalue weighted by Crippen LogP contribution is -2.47. The molecule has 0 aliphatic heterocycles. The Labute approximate surface area is 376 Å². The maximum Gasteiger partial charge on any atom is 0.328 e. The number of rotatable bonds is 41. The lowest BCUT2D eigenvalue weighted by atomic mass is 10.1. The number of aliphatic carboxylic acids is 1. The van der Waals surface area contributed by atoms with Gasteiger partial charge in [-0.05, 0) is 102 Å². The minimum atomic E-state index is -1.40. The molecule has 0 aliphatic carbocycles. The SMILES string of the molecule is CC/C=C\C/C=C\C/C=C\C/C=C\C/C=C\CCCCCCCCCC(=O)OC(/C=C\C/C=C\C/C=C\C/C=C\CC)CCCCCCCC(=O)NCC(=O)NC(CO)C(=O)O. The minimum Gasteiger partial charge on any atom is -0.480 e. The highest BCUT2D eigenvalue weighted by Crippen LogP contribution is 2.15. The lowest BCUT2D eigenvalue weighted by molar-refractivity contribution is -0.147. The number of carbonyl (C=O) groups is 4. The summed E-state index contributed by atoms with van der Waals surface area (Å²) in [5.41, 5.74) is 0. The van der Waals surface area contributed by atoms with E-state index >= 15 is 0 Å². The van der Waals surface area contributed by atoms with Crippen LogP contribution in [0.3, 0.4) is 0 Å². The van der Waals surface area contributed by atoms with Crippen LogP contribution in [-0.2, 0) is 23.9 Å². The third-order valence-corrected chi connectivity index (χ3v) is 9.75. The van der Waals surface area contributed by atoms with Crippen molar-refractivity contribution in [1.29, 1.82) is 0 Å². The molecule has 9 heteroatoms. The van der Waals surface area contributed by atoms with Crippen LogP contribution in [-0.4, -0.2) is 59.3 Å². The Morgan fingerprint density at radius 1 is 0.500 bits per heavy atom. The lowest BCUT2D eigenvalue weighted by Gasteiger charge is -2.15. The van der Waals surface area contributed by atoms with Crippen molar-refractivity contribution in [2.24, 2.45) is 0 Å². The maximum atomic E-state index is 12.8. The van der Waals surface area contributed by atoms with Crippen LogP contribution < -0.4 is 10.6 Å². The fourth-order valence-electron chi connectivity index (χ4n) is 6.18. The first-order valence-electron chi connectivity index (χ1n) is 23.8. The Kier molecular flexibility index (Phi) is 42.7. The molecule has 0 aromatic carbocycles. The van der Waals surface area contributed by atoms with Gasteiger partial charge >= 0.3 is 11.9 Å². The molecule has 0 saturated carbocycles. The standard InChI is InChI=1S/C53H84N2O7/c1-3-5-7-9-11-13-15-16-17-18-19-20-21-22-23-24-25-26-28-30-32-37-41-45-52(59)62-48(42-38-34-31-29-27-14-12-10-8-6-4-2)43-39-35-33-36-40-44-50(57)54-46-51(58)55-49(47-56)53(60)61/h5-8,11-14,16-17,19-20,22-23,29,31,38,42,48-49,56H,3-4,9-10,15,18,21,24-28,30,32-37,39-41,43-47H2,1-2H3,(H,54,57)(H,55,58)(H,60,61)/b7-5-,8-6-,13-11-,14-12-,17-16-,20-19-,23-22-,31-29-,42-38-. The first kappa shape index (κ1) is 57.5. The topological polar surface area (TPSA) is 142 Å². The predicted octanol–water partition coefficient (Wildman–Crippen LogP) is 12.4. The molecule has 0 bridgehead atoms. The molecule has 0 saturated heterocycles. The van der Waals surface area contributed by atoms with Gasteiger partial charge in [-0.3, -0.25) is 14.4 Å². The summed E-state index contributed by atoms with van der Waals surface area (Å²) in [6, 6.07) is -1.40. The molecule has 62 heavy (non-hydrogen) atoms. The molecule has 0 radical (unpaired) electrons. The predicted molar refractivity (Wildman–Crippen MR) is 259 cm³/mol. The van der Waals surface area contributed by atoms with Crippen LogP contribution in [0.5, 0.6) is 0 Å². The number of hydrogen-bond donors (Lipinski definition) is 4. The monoisotopic (exact) mass is 861 g/mol. The number of carboxylic acid groups (broad SMARTS) is 1. The van der Waals surface area contributed by atoms with Crippen molar-refractivity contribution in [1.82, 2.24) is 10.6 Å². The van der Waals surface area contributed by atoms with Crippen LogP contribution in [0.25, 0.3) is 0 Å². The van der Waals surface area contributed by atoms with Gasteiger partial charge < -0.3 is 25.6 Å². The van der Waals surface area contributed by atoms with Gasteiger partial charge in [0.25, 0.3) is 0 Å². The Hall–Kier alpha value is -4.50. The first-order chi connectivity index (χ1) is 30.3. The third-order valence-electron chi connectivity index (χ3n) is 9.75. The molecule has 2 atom stereocenters. The average molecular weight is 861 g/mol. The molecule has 0 fully saturated rings. The molecule has 348 valence electrons. The Balaban J connectivity index is 4.36. The quantitative estimate of drug-likeness (QED) is 0.0272. The molecule has 2 unspecified atom stereocenters. The van der Waals surface area contributed by atoms with Gasteiger partial charge in [0.1, 0.15) is 12.1 Å². The molecule has 0 rings (SSSR count). The summed E-state index contributed by atoms with van der Waals surface area (Å²) in [5.74, 6) is -2.43. The van der Waals surface area contributed by atoms with Crippen LogP contribution in [0.2, 0.25) is 0 Å². The molecule has 4 N–H and O–H groups in total. The summed E-state index contributed by atoms with van der Waals surface area (Å²) in [5, 5.41) is 22.6.